The van der Waals surface area contributed by atoms with E-state index >= 15 is 0 Å². The number of methoxy groups -OCH3 is 1. The molecule has 1 aromatic carbocycles. The number of nitro groups is 1. The molecule has 1 aromatic rings. The molecular weight excluding hydrogens is 308 g/mol. The van der Waals surface area contributed by atoms with Gasteiger partial charge >= 0.3 is 0 Å². The molecule has 0 aliphatic rings. The summed E-state index contributed by atoms with van der Waals surface area (Å²) in [6.07, 6.45) is 4.77. The molecule has 7 heteroatoms. The first kappa shape index (κ1) is 19.9. The highest BCUT2D eigenvalue weighted by Gasteiger charge is 2.04. The summed E-state index contributed by atoms with van der Waals surface area (Å²) in [6, 6.07) is 6.47. The van der Waals surface area contributed by atoms with E-state index in [1.165, 1.54) is 31.4 Å². The first-order valence-electron chi connectivity index (χ1n) is 8.41. The van der Waals surface area contributed by atoms with Gasteiger partial charge in [0.05, 0.1) is 18.1 Å². The fourth-order valence-corrected chi connectivity index (χ4v) is 2.10. The molecule has 0 heterocycles. The highest BCUT2D eigenvalue weighted by molar-refractivity contribution is 5.79. The van der Waals surface area contributed by atoms with Crippen LogP contribution < -0.4 is 10.6 Å². The van der Waals surface area contributed by atoms with Crippen molar-refractivity contribution in [1.82, 2.24) is 10.6 Å². The molecule has 0 amide bonds. The number of nitrogens with zero attached hydrogens (tertiary/aromatic N) is 2. The van der Waals surface area contributed by atoms with Crippen LogP contribution in [0.1, 0.15) is 38.2 Å². The highest BCUT2D eigenvalue weighted by atomic mass is 16.6. The van der Waals surface area contributed by atoms with Crippen LogP contribution in [0.5, 0.6) is 0 Å². The summed E-state index contributed by atoms with van der Waals surface area (Å²) < 4.78 is 5.04. The average Bonchev–Trinajstić information content (AvgIpc) is 2.59. The molecular formula is C17H28N4O3. The van der Waals surface area contributed by atoms with E-state index in [0.29, 0.717) is 19.7 Å². The van der Waals surface area contributed by atoms with Gasteiger partial charge in [0, 0.05) is 32.3 Å². The van der Waals surface area contributed by atoms with Crippen molar-refractivity contribution in [3.63, 3.8) is 0 Å². The molecule has 0 saturated carbocycles. The van der Waals surface area contributed by atoms with Crippen molar-refractivity contribution in [1.29, 1.82) is 0 Å². The molecule has 7 nitrogen and oxygen atoms in total. The lowest BCUT2D eigenvalue weighted by Crippen LogP contribution is -2.39. The Morgan fingerprint density at radius 1 is 1.17 bits per heavy atom. The van der Waals surface area contributed by atoms with Crippen LogP contribution in [0.2, 0.25) is 0 Å². The number of nitrogens with one attached hydrogen (secondary N) is 2. The lowest BCUT2D eigenvalue weighted by molar-refractivity contribution is -0.384. The number of rotatable bonds is 11. The first-order chi connectivity index (χ1) is 11.7. The van der Waals surface area contributed by atoms with Crippen molar-refractivity contribution < 1.29 is 9.66 Å². The Morgan fingerprint density at radius 2 is 1.88 bits per heavy atom. The van der Waals surface area contributed by atoms with Gasteiger partial charge < -0.3 is 15.4 Å². The Labute approximate surface area is 143 Å². The third-order valence-corrected chi connectivity index (χ3v) is 3.49. The van der Waals surface area contributed by atoms with E-state index in [-0.39, 0.29) is 5.69 Å². The number of unbranched alkanes of at least 4 members (excludes halogenated alkanes) is 3. The number of aliphatic imine (C=N–C) groups is 1. The number of ether oxygens (including phenoxy) is 1. The van der Waals surface area contributed by atoms with Crippen molar-refractivity contribution >= 4 is 11.6 Å². The highest BCUT2D eigenvalue weighted by Crippen LogP contribution is 2.12. The number of nitro benzene ring substituents is 1. The molecule has 1 rings (SSSR count). The van der Waals surface area contributed by atoms with Crippen molar-refractivity contribution in [2.75, 3.05) is 26.8 Å². The minimum Gasteiger partial charge on any atom is -0.383 e. The fourth-order valence-electron chi connectivity index (χ4n) is 2.10. The van der Waals surface area contributed by atoms with Crippen LogP contribution in [0.4, 0.5) is 5.69 Å². The Hall–Kier alpha value is -2.15. The summed E-state index contributed by atoms with van der Waals surface area (Å²) in [4.78, 5) is 14.8. The molecule has 0 aromatic heterocycles. The van der Waals surface area contributed by atoms with Crippen molar-refractivity contribution in [3.8, 4) is 0 Å². The topological polar surface area (TPSA) is 88.8 Å². The lowest BCUT2D eigenvalue weighted by Gasteiger charge is -2.12. The molecule has 0 unspecified atom stereocenters. The van der Waals surface area contributed by atoms with Crippen LogP contribution in [-0.4, -0.2) is 37.7 Å². The van der Waals surface area contributed by atoms with Crippen LogP contribution in [0.25, 0.3) is 0 Å². The predicted octanol–water partition coefficient (Wildman–Crippen LogP) is 2.86. The Balaban J connectivity index is 2.52. The second-order valence-corrected chi connectivity index (χ2v) is 5.50. The standard InChI is InChI=1S/C17H28N4O3/c1-3-4-5-6-11-18-17(19-12-13-24-2)20-14-15-7-9-16(10-8-15)21(22)23/h7-10H,3-6,11-14H2,1-2H3,(H2,18,19,20). The number of guanidine groups is 1. The summed E-state index contributed by atoms with van der Waals surface area (Å²) in [7, 11) is 1.66. The van der Waals surface area contributed by atoms with E-state index in [9.17, 15) is 10.1 Å². The minimum absolute atomic E-state index is 0.0928. The molecule has 0 bridgehead atoms. The molecule has 0 aliphatic carbocycles. The summed E-state index contributed by atoms with van der Waals surface area (Å²) in [6.45, 7) is 4.82. The Kier molecular flexibility index (Phi) is 10.2. The number of hydrogen-bond donors (Lipinski definition) is 2. The Bertz CT molecular complexity index is 503. The number of non-ortho nitro benzene ring substituents is 1. The fraction of sp³-hybridized carbons (Fsp3) is 0.588. The van der Waals surface area contributed by atoms with E-state index in [1.54, 1.807) is 19.2 Å². The zero-order chi connectivity index (χ0) is 17.6. The average molecular weight is 336 g/mol. The zero-order valence-electron chi connectivity index (χ0n) is 14.6. The van der Waals surface area contributed by atoms with Gasteiger partial charge in [0.25, 0.3) is 5.69 Å². The van der Waals surface area contributed by atoms with Gasteiger partial charge in [-0.05, 0) is 12.0 Å². The largest absolute Gasteiger partial charge is 0.383 e. The van der Waals surface area contributed by atoms with Gasteiger partial charge in [0.1, 0.15) is 0 Å². The van der Waals surface area contributed by atoms with Gasteiger partial charge in [-0.1, -0.05) is 38.3 Å². The first-order valence-corrected chi connectivity index (χ1v) is 8.41. The minimum atomic E-state index is -0.400. The maximum Gasteiger partial charge on any atom is 0.269 e. The smallest absolute Gasteiger partial charge is 0.269 e. The molecule has 0 spiro atoms. The SMILES string of the molecule is CCCCCCNC(=NCc1ccc([N+](=O)[O-])cc1)NCCOC. The zero-order valence-corrected chi connectivity index (χ0v) is 14.6. The maximum absolute atomic E-state index is 10.7. The van der Waals surface area contributed by atoms with E-state index in [0.717, 1.165) is 24.5 Å². The van der Waals surface area contributed by atoms with Crippen LogP contribution in [0, 0.1) is 10.1 Å². The molecule has 134 valence electrons. The molecule has 0 radical (unpaired) electrons. The van der Waals surface area contributed by atoms with Crippen molar-refractivity contribution in [3.05, 3.63) is 39.9 Å². The normalized spacial score (nSPS) is 11.3. The molecule has 0 atom stereocenters. The van der Waals surface area contributed by atoms with Gasteiger partial charge in [-0.25, -0.2) is 4.99 Å². The van der Waals surface area contributed by atoms with Crippen LogP contribution in [0.15, 0.2) is 29.3 Å². The monoisotopic (exact) mass is 336 g/mol. The van der Waals surface area contributed by atoms with Gasteiger partial charge in [-0.2, -0.15) is 0 Å². The molecule has 2 N–H and O–H groups in total. The van der Waals surface area contributed by atoms with Crippen molar-refractivity contribution in [2.45, 2.75) is 39.2 Å². The Morgan fingerprint density at radius 3 is 2.50 bits per heavy atom. The van der Waals surface area contributed by atoms with E-state index in [4.69, 9.17) is 4.74 Å². The summed E-state index contributed by atoms with van der Waals surface area (Å²) >= 11 is 0. The van der Waals surface area contributed by atoms with Crippen molar-refractivity contribution in [2.24, 2.45) is 4.99 Å². The summed E-state index contributed by atoms with van der Waals surface area (Å²) in [5.41, 5.74) is 1.02. The van der Waals surface area contributed by atoms with E-state index < -0.39 is 4.92 Å². The third kappa shape index (κ3) is 8.47. The molecule has 24 heavy (non-hydrogen) atoms. The van der Waals surface area contributed by atoms with Gasteiger partial charge in [0.2, 0.25) is 0 Å². The predicted molar refractivity (Wildman–Crippen MR) is 96.3 cm³/mol. The maximum atomic E-state index is 10.7. The molecule has 0 aliphatic heterocycles. The van der Waals surface area contributed by atoms with Gasteiger partial charge in [-0.3, -0.25) is 10.1 Å². The summed E-state index contributed by atoms with van der Waals surface area (Å²) in [5, 5.41) is 17.2. The quantitative estimate of drug-likeness (QED) is 0.213. The lowest BCUT2D eigenvalue weighted by atomic mass is 10.2. The van der Waals surface area contributed by atoms with Crippen LogP contribution in [-0.2, 0) is 11.3 Å². The summed E-state index contributed by atoms with van der Waals surface area (Å²) in [5.74, 6) is 0.738. The van der Waals surface area contributed by atoms with Gasteiger partial charge in [-0.15, -0.1) is 0 Å². The second kappa shape index (κ2) is 12.3. The van der Waals surface area contributed by atoms with Gasteiger partial charge in [0.15, 0.2) is 5.96 Å². The van der Waals surface area contributed by atoms with E-state index in [1.807, 2.05) is 0 Å². The number of benzene rings is 1. The van der Waals surface area contributed by atoms with E-state index in [2.05, 4.69) is 22.5 Å². The molecule has 0 fully saturated rings. The van der Waals surface area contributed by atoms with Crippen LogP contribution in [0.3, 0.4) is 0 Å². The van der Waals surface area contributed by atoms with Crippen LogP contribution >= 0.6 is 0 Å². The second-order valence-electron chi connectivity index (χ2n) is 5.50. The third-order valence-electron chi connectivity index (χ3n) is 3.49. The molecule has 0 saturated heterocycles. The number of hydrogen-bond acceptors (Lipinski definition) is 4.